The molecule has 2 aliphatic rings. The highest BCUT2D eigenvalue weighted by Crippen LogP contribution is 2.46. The second-order valence-corrected chi connectivity index (χ2v) is 8.83. The predicted molar refractivity (Wildman–Crippen MR) is 126 cm³/mol. The Morgan fingerprint density at radius 1 is 1.09 bits per heavy atom. The Kier molecular flexibility index (Phi) is 5.88. The molecule has 1 aliphatic carbocycles. The number of carbonyl (C=O) groups excluding carboxylic acids is 1. The summed E-state index contributed by atoms with van der Waals surface area (Å²) in [6.07, 6.45) is 11.5. The first-order valence-corrected chi connectivity index (χ1v) is 10.9. The Morgan fingerprint density at radius 2 is 1.75 bits per heavy atom. The van der Waals surface area contributed by atoms with Crippen molar-refractivity contribution in [2.75, 3.05) is 25.5 Å². The number of benzene rings is 1. The van der Waals surface area contributed by atoms with Crippen LogP contribution in [0.25, 0.3) is 5.57 Å². The molecule has 8 nitrogen and oxygen atoms in total. The maximum absolute atomic E-state index is 12.9. The third-order valence-corrected chi connectivity index (χ3v) is 6.94. The lowest BCUT2D eigenvalue weighted by molar-refractivity contribution is 0.0658. The van der Waals surface area contributed by atoms with E-state index in [1.807, 2.05) is 0 Å². The number of hydrogen-bond donors (Lipinski definition) is 3. The van der Waals surface area contributed by atoms with Crippen molar-refractivity contribution in [3.05, 3.63) is 72.6 Å². The molecular formula is C24H31N7O. The van der Waals surface area contributed by atoms with Gasteiger partial charge in [0, 0.05) is 17.3 Å². The average Bonchev–Trinajstić information content (AvgIpc) is 3.14. The van der Waals surface area contributed by atoms with E-state index in [1.54, 1.807) is 23.4 Å². The van der Waals surface area contributed by atoms with E-state index >= 15 is 0 Å². The number of carbonyl (C=O) groups is 1. The Labute approximate surface area is 189 Å². The first-order chi connectivity index (χ1) is 15.4. The molecule has 168 valence electrons. The molecule has 0 atom stereocenters. The summed E-state index contributed by atoms with van der Waals surface area (Å²) in [6.45, 7) is 0.606. The summed E-state index contributed by atoms with van der Waals surface area (Å²) in [7, 11) is 4.29. The van der Waals surface area contributed by atoms with Crippen molar-refractivity contribution in [1.82, 2.24) is 20.2 Å². The van der Waals surface area contributed by atoms with Gasteiger partial charge in [-0.25, -0.2) is 14.8 Å². The van der Waals surface area contributed by atoms with Gasteiger partial charge in [-0.2, -0.15) is 0 Å². The first kappa shape index (κ1) is 21.8. The van der Waals surface area contributed by atoms with Gasteiger partial charge in [-0.1, -0.05) is 30.3 Å². The van der Waals surface area contributed by atoms with Gasteiger partial charge in [0.25, 0.3) is 0 Å². The van der Waals surface area contributed by atoms with Gasteiger partial charge in [0.15, 0.2) is 5.82 Å². The van der Waals surface area contributed by atoms with Crippen molar-refractivity contribution in [3.63, 3.8) is 0 Å². The fourth-order valence-corrected chi connectivity index (χ4v) is 5.00. The summed E-state index contributed by atoms with van der Waals surface area (Å²) < 4.78 is 0. The van der Waals surface area contributed by atoms with Gasteiger partial charge >= 0.3 is 6.03 Å². The molecule has 8 heteroatoms. The smallest absolute Gasteiger partial charge is 0.322 e. The van der Waals surface area contributed by atoms with Crippen LogP contribution in [0.1, 0.15) is 37.1 Å². The number of rotatable bonds is 5. The van der Waals surface area contributed by atoms with Crippen molar-refractivity contribution in [2.24, 2.45) is 11.5 Å². The molecule has 5 N–H and O–H groups in total. The van der Waals surface area contributed by atoms with Crippen molar-refractivity contribution in [3.8, 4) is 0 Å². The van der Waals surface area contributed by atoms with Crippen molar-refractivity contribution >= 4 is 17.3 Å². The molecule has 1 aromatic heterocycles. The number of nitrogens with zero attached hydrogens (tertiary/aromatic N) is 4. The van der Waals surface area contributed by atoms with Crippen molar-refractivity contribution in [2.45, 2.75) is 36.8 Å². The number of aromatic nitrogens is 2. The van der Waals surface area contributed by atoms with Gasteiger partial charge in [-0.15, -0.1) is 0 Å². The molecule has 2 heterocycles. The molecule has 1 saturated carbocycles. The molecule has 4 rings (SSSR count). The zero-order chi connectivity index (χ0) is 22.8. The zero-order valence-electron chi connectivity index (χ0n) is 18.7. The largest absolute Gasteiger partial charge is 0.405 e. The normalized spacial score (nSPS) is 26.3. The maximum Gasteiger partial charge on any atom is 0.322 e. The van der Waals surface area contributed by atoms with E-state index in [-0.39, 0.29) is 17.1 Å². The van der Waals surface area contributed by atoms with E-state index in [0.29, 0.717) is 23.6 Å². The Bertz CT molecular complexity index is 1010. The molecule has 1 spiro atoms. The Morgan fingerprint density at radius 3 is 2.31 bits per heavy atom. The molecule has 2 fully saturated rings. The number of anilines is 1. The minimum atomic E-state index is -0.241. The molecule has 0 unspecified atom stereocenters. The summed E-state index contributed by atoms with van der Waals surface area (Å²) in [5.41, 5.74) is 13.4. The van der Waals surface area contributed by atoms with E-state index in [2.05, 4.69) is 64.6 Å². The van der Waals surface area contributed by atoms with Crippen LogP contribution in [-0.2, 0) is 5.54 Å². The van der Waals surface area contributed by atoms with E-state index in [4.69, 9.17) is 11.5 Å². The average molecular weight is 434 g/mol. The summed E-state index contributed by atoms with van der Waals surface area (Å²) >= 11 is 0. The van der Waals surface area contributed by atoms with Crippen LogP contribution in [0.2, 0.25) is 0 Å². The number of hydrogen-bond acceptors (Lipinski definition) is 6. The molecule has 1 aromatic carbocycles. The molecule has 1 aliphatic heterocycles. The van der Waals surface area contributed by atoms with Crippen LogP contribution in [0.5, 0.6) is 0 Å². The number of urea groups is 1. The van der Waals surface area contributed by atoms with Gasteiger partial charge in [0.2, 0.25) is 0 Å². The molecule has 0 radical (unpaired) electrons. The van der Waals surface area contributed by atoms with Crippen LogP contribution in [0.15, 0.2) is 61.2 Å². The summed E-state index contributed by atoms with van der Waals surface area (Å²) in [5, 5.41) is 3.27. The fourth-order valence-electron chi connectivity index (χ4n) is 5.00. The third-order valence-electron chi connectivity index (χ3n) is 6.94. The second-order valence-electron chi connectivity index (χ2n) is 8.83. The van der Waals surface area contributed by atoms with E-state index in [0.717, 1.165) is 25.7 Å². The van der Waals surface area contributed by atoms with Crippen LogP contribution in [-0.4, -0.2) is 47.1 Å². The van der Waals surface area contributed by atoms with Gasteiger partial charge in [0.05, 0.1) is 30.2 Å². The van der Waals surface area contributed by atoms with Crippen LogP contribution in [0, 0.1) is 0 Å². The summed E-state index contributed by atoms with van der Waals surface area (Å²) in [5.74, 6) is 0.462. The van der Waals surface area contributed by atoms with Crippen LogP contribution < -0.4 is 21.7 Å². The lowest BCUT2D eigenvalue weighted by Crippen LogP contribution is -2.54. The van der Waals surface area contributed by atoms with Gasteiger partial charge < -0.3 is 16.8 Å². The monoisotopic (exact) mass is 433 g/mol. The number of amides is 2. The fraction of sp³-hybridized carbons (Fsp3) is 0.375. The third kappa shape index (κ3) is 3.82. The summed E-state index contributed by atoms with van der Waals surface area (Å²) in [6, 6.07) is 10.6. The van der Waals surface area contributed by atoms with Gasteiger partial charge in [-0.3, -0.25) is 9.80 Å². The Hall–Kier alpha value is -3.39. The van der Waals surface area contributed by atoms with Crippen molar-refractivity contribution < 1.29 is 4.79 Å². The minimum Gasteiger partial charge on any atom is -0.405 e. The lowest BCUT2D eigenvalue weighted by Gasteiger charge is -2.48. The topological polar surface area (TPSA) is 113 Å². The van der Waals surface area contributed by atoms with Gasteiger partial charge in [-0.05, 0) is 57.6 Å². The predicted octanol–water partition coefficient (Wildman–Crippen LogP) is 2.55. The second kappa shape index (κ2) is 8.63. The number of nitrogens with one attached hydrogen (secondary N) is 1. The number of nitrogens with two attached hydrogens (primary N) is 2. The zero-order valence-corrected chi connectivity index (χ0v) is 18.7. The van der Waals surface area contributed by atoms with Crippen LogP contribution in [0.4, 0.5) is 10.5 Å². The molecule has 0 bridgehead atoms. The van der Waals surface area contributed by atoms with Crippen LogP contribution in [0.3, 0.4) is 0 Å². The van der Waals surface area contributed by atoms with E-state index in [1.165, 1.54) is 18.0 Å². The SMILES string of the molecule is CN(C)[C@]1(c2ccccc2)CC[C@]2(CC1)CN(c1cnc(C(/C=C\N)=C/N)nc1)C(=O)N2. The van der Waals surface area contributed by atoms with Gasteiger partial charge in [0.1, 0.15) is 0 Å². The molecule has 32 heavy (non-hydrogen) atoms. The highest BCUT2D eigenvalue weighted by atomic mass is 16.2. The lowest BCUT2D eigenvalue weighted by atomic mass is 9.69. The molecule has 1 saturated heterocycles. The molecule has 2 aromatic rings. The highest BCUT2D eigenvalue weighted by molar-refractivity contribution is 5.95. The summed E-state index contributed by atoms with van der Waals surface area (Å²) in [4.78, 5) is 25.7. The molecular weight excluding hydrogens is 402 g/mol. The van der Waals surface area contributed by atoms with Crippen molar-refractivity contribution in [1.29, 1.82) is 0 Å². The van der Waals surface area contributed by atoms with E-state index < -0.39 is 0 Å². The minimum absolute atomic E-state index is 0.0170. The standard InChI is InChI=1S/C24H31N7O/c1-30(2)24(19-6-4-3-5-7-19)11-9-23(10-12-24)17-31(22(32)29-23)20-15-27-21(28-16-20)18(14-26)8-13-25/h3-8,13-16H,9-12,17,25-26H2,1-2H3,(H,29,32)/b13-8-,18-14+/t23-,24+. The van der Waals surface area contributed by atoms with Crippen LogP contribution >= 0.6 is 0 Å². The van der Waals surface area contributed by atoms with E-state index in [9.17, 15) is 4.79 Å². The maximum atomic E-state index is 12.9. The first-order valence-electron chi connectivity index (χ1n) is 10.9. The quantitative estimate of drug-likeness (QED) is 0.625. The highest BCUT2D eigenvalue weighted by Gasteiger charge is 2.50. The molecule has 2 amide bonds. The Balaban J connectivity index is 1.51. The number of allylic oxidation sites excluding steroid dienone is 2.